The molecule has 0 N–H and O–H groups in total. The van der Waals surface area contributed by atoms with Crippen LogP contribution in [-0.2, 0) is 14.8 Å². The van der Waals surface area contributed by atoms with Gasteiger partial charge in [-0.1, -0.05) is 0 Å². The monoisotopic (exact) mass is 467 g/mol. The van der Waals surface area contributed by atoms with Gasteiger partial charge >= 0.3 is 0 Å². The highest BCUT2D eigenvalue weighted by molar-refractivity contribution is 7.88. The van der Waals surface area contributed by atoms with E-state index in [4.69, 9.17) is 14.2 Å². The number of fused-ring (bicyclic) bond motifs is 1. The van der Waals surface area contributed by atoms with Gasteiger partial charge in [0.1, 0.15) is 17.4 Å². The van der Waals surface area contributed by atoms with Gasteiger partial charge in [-0.3, -0.25) is 0 Å². The quantitative estimate of drug-likeness (QED) is 0.497. The van der Waals surface area contributed by atoms with Gasteiger partial charge in [0.15, 0.2) is 24.2 Å². The first kappa shape index (κ1) is 22.4. The van der Waals surface area contributed by atoms with Gasteiger partial charge in [0.2, 0.25) is 10.0 Å². The molecule has 0 bridgehead atoms. The molecule has 1 fully saturated rings. The Balaban J connectivity index is 1.52. The molecule has 0 unspecified atom stereocenters. The van der Waals surface area contributed by atoms with Crippen molar-refractivity contribution in [3.05, 3.63) is 48.2 Å². The van der Waals surface area contributed by atoms with E-state index in [0.717, 1.165) is 6.07 Å². The van der Waals surface area contributed by atoms with Crippen LogP contribution in [-0.4, -0.2) is 61.9 Å². The van der Waals surface area contributed by atoms with Gasteiger partial charge in [0.25, 0.3) is 0 Å². The number of methoxy groups -OCH3 is 1. The number of rotatable bonds is 7. The van der Waals surface area contributed by atoms with Crippen molar-refractivity contribution in [1.82, 2.24) is 14.1 Å². The third-order valence-electron chi connectivity index (χ3n) is 5.28. The summed E-state index contributed by atoms with van der Waals surface area (Å²) in [4.78, 5) is 0. The maximum atomic E-state index is 15.0. The van der Waals surface area contributed by atoms with Crippen LogP contribution in [0.5, 0.6) is 11.5 Å². The number of halogens is 2. The van der Waals surface area contributed by atoms with E-state index in [0.29, 0.717) is 42.8 Å². The molecule has 0 atom stereocenters. The summed E-state index contributed by atoms with van der Waals surface area (Å²) in [5, 5.41) is 4.48. The predicted octanol–water partition coefficient (Wildman–Crippen LogP) is 3.09. The van der Waals surface area contributed by atoms with Gasteiger partial charge in [0, 0.05) is 25.6 Å². The molecule has 0 amide bonds. The van der Waals surface area contributed by atoms with Gasteiger partial charge in [-0.15, -0.1) is 0 Å². The second kappa shape index (κ2) is 9.00. The molecule has 3 aromatic rings. The van der Waals surface area contributed by atoms with Crippen LogP contribution in [0.25, 0.3) is 16.6 Å². The SMILES string of the molecule is COCOc1c(F)cc2cnn(-c3ccc(OC4CCN(S(C)(=O)=O)CC4)cc3)c2c1F. The predicted molar refractivity (Wildman–Crippen MR) is 114 cm³/mol. The van der Waals surface area contributed by atoms with Crippen molar-refractivity contribution < 1.29 is 31.4 Å². The summed E-state index contributed by atoms with van der Waals surface area (Å²) in [6.07, 6.45) is 3.68. The largest absolute Gasteiger partial charge is 0.490 e. The minimum absolute atomic E-state index is 0.0827. The minimum Gasteiger partial charge on any atom is -0.490 e. The summed E-state index contributed by atoms with van der Waals surface area (Å²) in [5.41, 5.74) is 0.641. The molecule has 1 aliphatic heterocycles. The Hall–Kier alpha value is -2.76. The van der Waals surface area contributed by atoms with E-state index in [1.807, 2.05) is 0 Å². The molecule has 172 valence electrons. The van der Waals surface area contributed by atoms with Gasteiger partial charge in [0.05, 0.1) is 18.1 Å². The number of sulfonamides is 1. The standard InChI is InChI=1S/C21H23F2N3O5S/c1-29-13-30-21-18(22)11-14-12-24-26(20(14)19(21)23)15-3-5-16(6-4-15)31-17-7-9-25(10-8-17)32(2,27)28/h3-6,11-12,17H,7-10,13H2,1-2H3. The lowest BCUT2D eigenvalue weighted by Crippen LogP contribution is -2.41. The first-order valence-electron chi connectivity index (χ1n) is 9.97. The number of ether oxygens (including phenoxy) is 3. The van der Waals surface area contributed by atoms with Gasteiger partial charge < -0.3 is 14.2 Å². The topological polar surface area (TPSA) is 82.9 Å². The number of aromatic nitrogens is 2. The molecule has 8 nitrogen and oxygen atoms in total. The van der Waals surface area contributed by atoms with E-state index in [9.17, 15) is 17.2 Å². The average molecular weight is 467 g/mol. The van der Waals surface area contributed by atoms with Crippen LogP contribution in [0.4, 0.5) is 8.78 Å². The lowest BCUT2D eigenvalue weighted by Gasteiger charge is -2.30. The smallest absolute Gasteiger partial charge is 0.211 e. The molecule has 1 aliphatic rings. The normalized spacial score (nSPS) is 15.9. The summed E-state index contributed by atoms with van der Waals surface area (Å²) >= 11 is 0. The van der Waals surface area contributed by atoms with Crippen molar-refractivity contribution in [2.75, 3.05) is 33.2 Å². The molecule has 0 radical (unpaired) electrons. The summed E-state index contributed by atoms with van der Waals surface area (Å²) in [6, 6.07) is 8.05. The van der Waals surface area contributed by atoms with Crippen molar-refractivity contribution in [3.8, 4) is 17.2 Å². The Bertz CT molecular complexity index is 1210. The maximum Gasteiger partial charge on any atom is 0.211 e. The zero-order valence-corrected chi connectivity index (χ0v) is 18.4. The Morgan fingerprint density at radius 1 is 1.16 bits per heavy atom. The second-order valence-electron chi connectivity index (χ2n) is 7.52. The van der Waals surface area contributed by atoms with E-state index in [-0.39, 0.29) is 18.4 Å². The van der Waals surface area contributed by atoms with Gasteiger partial charge in [-0.25, -0.2) is 26.2 Å². The first-order chi connectivity index (χ1) is 15.3. The zero-order valence-electron chi connectivity index (χ0n) is 17.6. The molecule has 32 heavy (non-hydrogen) atoms. The molecule has 2 aromatic carbocycles. The van der Waals surface area contributed by atoms with Crippen molar-refractivity contribution >= 4 is 20.9 Å². The third kappa shape index (κ3) is 4.54. The van der Waals surface area contributed by atoms with E-state index in [2.05, 4.69) is 5.10 Å². The summed E-state index contributed by atoms with van der Waals surface area (Å²) in [5.74, 6) is -1.62. The fraction of sp³-hybridized carbons (Fsp3) is 0.381. The van der Waals surface area contributed by atoms with Crippen LogP contribution in [0.3, 0.4) is 0 Å². The fourth-order valence-corrected chi connectivity index (χ4v) is 4.56. The Labute approximate surface area is 184 Å². The lowest BCUT2D eigenvalue weighted by molar-refractivity contribution is 0.0455. The van der Waals surface area contributed by atoms with Crippen LogP contribution >= 0.6 is 0 Å². The van der Waals surface area contributed by atoms with Crippen molar-refractivity contribution in [3.63, 3.8) is 0 Å². The van der Waals surface area contributed by atoms with Crippen molar-refractivity contribution in [2.24, 2.45) is 0 Å². The van der Waals surface area contributed by atoms with E-state index >= 15 is 0 Å². The molecule has 0 spiro atoms. The number of piperidine rings is 1. The highest BCUT2D eigenvalue weighted by Gasteiger charge is 2.26. The van der Waals surface area contributed by atoms with Gasteiger partial charge in [-0.05, 0) is 43.2 Å². The van der Waals surface area contributed by atoms with Crippen LogP contribution < -0.4 is 9.47 Å². The van der Waals surface area contributed by atoms with Crippen LogP contribution in [0, 0.1) is 11.6 Å². The fourth-order valence-electron chi connectivity index (χ4n) is 3.69. The summed E-state index contributed by atoms with van der Waals surface area (Å²) in [6.45, 7) is 0.553. The Morgan fingerprint density at radius 2 is 1.84 bits per heavy atom. The minimum atomic E-state index is -3.19. The number of benzene rings is 2. The number of nitrogens with zero attached hydrogens (tertiary/aromatic N) is 3. The van der Waals surface area contributed by atoms with Crippen molar-refractivity contribution in [2.45, 2.75) is 18.9 Å². The highest BCUT2D eigenvalue weighted by atomic mass is 32.2. The molecule has 11 heteroatoms. The van der Waals surface area contributed by atoms with E-state index < -0.39 is 27.4 Å². The number of hydrogen-bond acceptors (Lipinski definition) is 6. The van der Waals surface area contributed by atoms with Crippen LogP contribution in [0.1, 0.15) is 12.8 Å². The van der Waals surface area contributed by atoms with Gasteiger partial charge in [-0.2, -0.15) is 5.10 Å². The summed E-state index contributed by atoms with van der Waals surface area (Å²) in [7, 11) is -1.83. The molecular weight excluding hydrogens is 444 g/mol. The maximum absolute atomic E-state index is 15.0. The summed E-state index contributed by atoms with van der Waals surface area (Å²) < 4.78 is 71.0. The molecule has 4 rings (SSSR count). The molecule has 2 heterocycles. The molecule has 1 aromatic heterocycles. The average Bonchev–Trinajstić information content (AvgIpc) is 3.18. The van der Waals surface area contributed by atoms with Crippen molar-refractivity contribution in [1.29, 1.82) is 0 Å². The van der Waals surface area contributed by atoms with Crippen LogP contribution in [0.15, 0.2) is 36.5 Å². The third-order valence-corrected chi connectivity index (χ3v) is 6.58. The van der Waals surface area contributed by atoms with E-state index in [1.165, 1.54) is 28.5 Å². The first-order valence-corrected chi connectivity index (χ1v) is 11.8. The number of hydrogen-bond donors (Lipinski definition) is 0. The zero-order chi connectivity index (χ0) is 22.9. The molecule has 0 saturated carbocycles. The molecule has 0 aliphatic carbocycles. The highest BCUT2D eigenvalue weighted by Crippen LogP contribution is 2.31. The molecule has 1 saturated heterocycles. The second-order valence-corrected chi connectivity index (χ2v) is 9.50. The Kier molecular flexibility index (Phi) is 6.31. The lowest BCUT2D eigenvalue weighted by atomic mass is 10.1. The molecular formula is C21H23F2N3O5S. The van der Waals surface area contributed by atoms with Crippen LogP contribution in [0.2, 0.25) is 0 Å². The Morgan fingerprint density at radius 3 is 2.47 bits per heavy atom. The van der Waals surface area contributed by atoms with E-state index in [1.54, 1.807) is 24.3 Å².